The molecule has 8 heteroatoms. The summed E-state index contributed by atoms with van der Waals surface area (Å²) in [5.41, 5.74) is 0.782. The Morgan fingerprint density at radius 3 is 2.53 bits per heavy atom. The van der Waals surface area contributed by atoms with E-state index in [9.17, 15) is 19.5 Å². The van der Waals surface area contributed by atoms with Crippen LogP contribution in [0.5, 0.6) is 0 Å². The fraction of sp³-hybridized carbons (Fsp3) is 0.567. The number of hydrogen-bond acceptors (Lipinski definition) is 5. The van der Waals surface area contributed by atoms with E-state index in [4.69, 9.17) is 0 Å². The van der Waals surface area contributed by atoms with Crippen LogP contribution in [0.4, 0.5) is 0 Å². The Morgan fingerprint density at radius 1 is 1.18 bits per heavy atom. The fourth-order valence-electron chi connectivity index (χ4n) is 6.73. The first-order valence-electron chi connectivity index (χ1n) is 13.8. The average molecular weight is 540 g/mol. The molecule has 0 radical (unpaired) electrons. The van der Waals surface area contributed by atoms with E-state index in [1.165, 1.54) is 0 Å². The molecule has 1 aromatic rings. The van der Waals surface area contributed by atoms with Gasteiger partial charge in [-0.1, -0.05) is 62.2 Å². The molecule has 0 saturated carbocycles. The number of carbonyl (C=O) groups is 3. The van der Waals surface area contributed by atoms with Crippen molar-refractivity contribution >= 4 is 29.5 Å². The minimum Gasteiger partial charge on any atom is -0.394 e. The molecule has 206 valence electrons. The van der Waals surface area contributed by atoms with Crippen LogP contribution in [0.25, 0.3) is 0 Å². The molecule has 0 aromatic heterocycles. The number of amides is 3. The Hall–Kier alpha value is -2.58. The smallest absolute Gasteiger partial charge is 0.247 e. The van der Waals surface area contributed by atoms with E-state index in [2.05, 4.69) is 20.1 Å². The second-order valence-electron chi connectivity index (χ2n) is 10.7. The largest absolute Gasteiger partial charge is 0.394 e. The molecule has 3 aliphatic rings. The van der Waals surface area contributed by atoms with Crippen LogP contribution in [0.3, 0.4) is 0 Å². The van der Waals surface area contributed by atoms with Crippen LogP contribution in [-0.2, 0) is 14.4 Å². The lowest BCUT2D eigenvalue weighted by molar-refractivity contribution is -0.147. The quantitative estimate of drug-likeness (QED) is 0.306. The molecular weight excluding hydrogens is 498 g/mol. The first-order valence-corrected chi connectivity index (χ1v) is 14.7. The van der Waals surface area contributed by atoms with Gasteiger partial charge < -0.3 is 19.8 Å². The van der Waals surface area contributed by atoms with Crippen molar-refractivity contribution in [2.24, 2.45) is 11.8 Å². The van der Waals surface area contributed by atoms with Crippen LogP contribution in [-0.4, -0.2) is 86.9 Å². The van der Waals surface area contributed by atoms with Crippen molar-refractivity contribution in [3.63, 3.8) is 0 Å². The van der Waals surface area contributed by atoms with Crippen LogP contribution in [0.2, 0.25) is 0 Å². The molecule has 1 spiro atoms. The lowest BCUT2D eigenvalue weighted by atomic mass is 9.70. The molecule has 1 aromatic carbocycles. The zero-order chi connectivity index (χ0) is 27.4. The van der Waals surface area contributed by atoms with Crippen molar-refractivity contribution in [3.05, 3.63) is 61.2 Å². The topological polar surface area (TPSA) is 81.2 Å². The van der Waals surface area contributed by atoms with Gasteiger partial charge >= 0.3 is 0 Å². The molecule has 3 aliphatic heterocycles. The summed E-state index contributed by atoms with van der Waals surface area (Å²) in [5, 5.41) is 10.6. The van der Waals surface area contributed by atoms with Gasteiger partial charge in [-0.15, -0.1) is 24.9 Å². The second-order valence-corrected chi connectivity index (χ2v) is 12.3. The lowest BCUT2D eigenvalue weighted by Gasteiger charge is -2.39. The van der Waals surface area contributed by atoms with E-state index in [0.717, 1.165) is 31.2 Å². The van der Waals surface area contributed by atoms with E-state index in [-0.39, 0.29) is 29.6 Å². The van der Waals surface area contributed by atoms with Crippen molar-refractivity contribution < 1.29 is 19.5 Å². The van der Waals surface area contributed by atoms with Crippen LogP contribution >= 0.6 is 11.8 Å². The van der Waals surface area contributed by atoms with Gasteiger partial charge in [-0.25, -0.2) is 0 Å². The van der Waals surface area contributed by atoms with Crippen molar-refractivity contribution in [1.29, 1.82) is 0 Å². The molecule has 6 atom stereocenters. The van der Waals surface area contributed by atoms with Crippen molar-refractivity contribution in [2.75, 3.05) is 33.3 Å². The summed E-state index contributed by atoms with van der Waals surface area (Å²) in [6.45, 7) is 10.9. The number of benzene rings is 1. The minimum atomic E-state index is -0.753. The number of unbranched alkanes of at least 4 members (excludes halogenated alkanes) is 2. The number of aliphatic hydroxyl groups is 1. The minimum absolute atomic E-state index is 0.00147. The van der Waals surface area contributed by atoms with E-state index < -0.39 is 28.7 Å². The molecule has 7 nitrogen and oxygen atoms in total. The third kappa shape index (κ3) is 4.81. The molecule has 3 saturated heterocycles. The Labute approximate surface area is 230 Å². The Morgan fingerprint density at radius 2 is 1.89 bits per heavy atom. The number of rotatable bonds is 13. The van der Waals surface area contributed by atoms with E-state index in [1.54, 1.807) is 40.8 Å². The third-order valence-corrected chi connectivity index (χ3v) is 10.4. The summed E-state index contributed by atoms with van der Waals surface area (Å²) in [7, 11) is 1.74. The number of fused-ring (bicyclic) bond motifs is 1. The van der Waals surface area contributed by atoms with E-state index in [0.29, 0.717) is 26.1 Å². The van der Waals surface area contributed by atoms with Crippen molar-refractivity contribution in [3.8, 4) is 0 Å². The summed E-state index contributed by atoms with van der Waals surface area (Å²) in [6.07, 6.45) is 7.82. The predicted octanol–water partition coefficient (Wildman–Crippen LogP) is 3.66. The van der Waals surface area contributed by atoms with Gasteiger partial charge in [0.15, 0.2) is 0 Å². The van der Waals surface area contributed by atoms with Crippen LogP contribution in [0, 0.1) is 11.8 Å². The summed E-state index contributed by atoms with van der Waals surface area (Å²) >= 11 is 1.66. The fourth-order valence-corrected chi connectivity index (χ4v) is 8.92. The van der Waals surface area contributed by atoms with Crippen LogP contribution < -0.4 is 0 Å². The molecule has 38 heavy (non-hydrogen) atoms. The highest BCUT2D eigenvalue weighted by Gasteiger charge is 2.74. The Bertz CT molecular complexity index is 1050. The van der Waals surface area contributed by atoms with Gasteiger partial charge in [0.1, 0.15) is 6.04 Å². The van der Waals surface area contributed by atoms with Crippen molar-refractivity contribution in [1.82, 2.24) is 14.7 Å². The maximum absolute atomic E-state index is 14.5. The third-order valence-electron chi connectivity index (χ3n) is 8.42. The Balaban J connectivity index is 1.79. The molecule has 3 amide bonds. The van der Waals surface area contributed by atoms with Gasteiger partial charge in [0.2, 0.25) is 17.7 Å². The van der Waals surface area contributed by atoms with Gasteiger partial charge in [0.05, 0.1) is 29.2 Å². The summed E-state index contributed by atoms with van der Waals surface area (Å²) in [4.78, 5) is 47.6. The zero-order valence-electron chi connectivity index (χ0n) is 22.6. The molecule has 2 bridgehead atoms. The monoisotopic (exact) mass is 539 g/mol. The maximum atomic E-state index is 14.5. The summed E-state index contributed by atoms with van der Waals surface area (Å²) in [6, 6.07) is 7.99. The SMILES string of the molecule is C=CCN(C)C(=O)[C@@H]1[C@H]2C(=O)N([C@H](CO)c3ccccc3)C(C(=O)N(CC=C)CCCCC)C23CC[C@H]1S3. The van der Waals surface area contributed by atoms with Crippen LogP contribution in [0.1, 0.15) is 50.6 Å². The number of aliphatic hydroxyl groups excluding tert-OH is 1. The standard InChI is InChI=1S/C30H41N3O4S/c1-5-8-12-19-32(18-7-3)29(37)26-30-16-15-23(38-30)24(27(35)31(4)17-6-2)25(30)28(36)33(26)22(20-34)21-13-10-9-11-14-21/h6-7,9-11,13-14,22-26,34H,2-3,5,8,12,15-20H2,1,4H3/t22-,23-,24+,25+,26?,30?/m1/s1. The lowest BCUT2D eigenvalue weighted by Crippen LogP contribution is -2.56. The number of carbonyl (C=O) groups excluding carboxylic acids is 3. The number of nitrogens with zero attached hydrogens (tertiary/aromatic N) is 3. The van der Waals surface area contributed by atoms with Gasteiger partial charge in [-0.05, 0) is 24.8 Å². The van der Waals surface area contributed by atoms with E-state index in [1.807, 2.05) is 35.2 Å². The molecule has 0 aliphatic carbocycles. The highest BCUT2D eigenvalue weighted by Crippen LogP contribution is 2.67. The first-order chi connectivity index (χ1) is 18.4. The Kier molecular flexibility index (Phi) is 9.04. The molecule has 4 rings (SSSR count). The highest BCUT2D eigenvalue weighted by atomic mass is 32.2. The van der Waals surface area contributed by atoms with Gasteiger partial charge in [-0.2, -0.15) is 0 Å². The second kappa shape index (κ2) is 12.1. The normalized spacial score (nSPS) is 28.2. The summed E-state index contributed by atoms with van der Waals surface area (Å²) in [5.74, 6) is -1.46. The van der Waals surface area contributed by atoms with Crippen LogP contribution in [0.15, 0.2) is 55.6 Å². The molecular formula is C30H41N3O4S. The van der Waals surface area contributed by atoms with Gasteiger partial charge in [0.25, 0.3) is 0 Å². The number of likely N-dealkylation sites (tertiary alicyclic amines) is 1. The number of likely N-dealkylation sites (N-methyl/N-ethyl adjacent to an activating group) is 1. The van der Waals surface area contributed by atoms with Gasteiger partial charge in [-0.3, -0.25) is 14.4 Å². The molecule has 1 N–H and O–H groups in total. The van der Waals surface area contributed by atoms with Crippen molar-refractivity contribution in [2.45, 2.75) is 61.1 Å². The highest BCUT2D eigenvalue weighted by molar-refractivity contribution is 8.02. The maximum Gasteiger partial charge on any atom is 0.247 e. The molecule has 3 fully saturated rings. The average Bonchev–Trinajstić information content (AvgIpc) is 3.56. The number of hydrogen-bond donors (Lipinski definition) is 1. The number of thioether (sulfide) groups is 1. The van der Waals surface area contributed by atoms with Gasteiger partial charge in [0, 0.05) is 31.9 Å². The summed E-state index contributed by atoms with van der Waals surface area (Å²) < 4.78 is -0.694. The first kappa shape index (κ1) is 28.4. The molecule has 3 heterocycles. The molecule has 2 unspecified atom stereocenters. The zero-order valence-corrected chi connectivity index (χ0v) is 23.4. The van der Waals surface area contributed by atoms with E-state index >= 15 is 0 Å². The predicted molar refractivity (Wildman–Crippen MR) is 151 cm³/mol.